The summed E-state index contributed by atoms with van der Waals surface area (Å²) < 4.78 is 5.34. The first-order chi connectivity index (χ1) is 14.4. The summed E-state index contributed by atoms with van der Waals surface area (Å²) in [6, 6.07) is 18.9. The lowest BCUT2D eigenvalue weighted by Gasteiger charge is -2.05. The Kier molecular flexibility index (Phi) is 6.29. The van der Waals surface area contributed by atoms with Gasteiger partial charge in [-0.15, -0.1) is 0 Å². The number of esters is 1. The molecule has 0 aliphatic rings. The van der Waals surface area contributed by atoms with Gasteiger partial charge in [-0.2, -0.15) is 5.10 Å². The minimum atomic E-state index is -0.540. The molecule has 30 heavy (non-hydrogen) atoms. The number of nitrogens with one attached hydrogen (secondary N) is 1. The van der Waals surface area contributed by atoms with E-state index >= 15 is 0 Å². The van der Waals surface area contributed by atoms with E-state index in [2.05, 4.69) is 10.5 Å². The SMILES string of the molecule is Cc1cccc(C(=O)Oc2ccc(C=NNC(=O)c3ccc([N+](=O)[O-])cc3)cc2)c1. The van der Waals surface area contributed by atoms with Crippen LogP contribution < -0.4 is 10.2 Å². The van der Waals surface area contributed by atoms with Crippen LogP contribution in [0, 0.1) is 17.0 Å². The smallest absolute Gasteiger partial charge is 0.343 e. The van der Waals surface area contributed by atoms with E-state index in [-0.39, 0.29) is 11.3 Å². The van der Waals surface area contributed by atoms with Gasteiger partial charge in [-0.3, -0.25) is 14.9 Å². The number of hydrogen-bond acceptors (Lipinski definition) is 6. The van der Waals surface area contributed by atoms with Crippen LogP contribution in [0.3, 0.4) is 0 Å². The Morgan fingerprint density at radius 3 is 2.33 bits per heavy atom. The van der Waals surface area contributed by atoms with E-state index in [4.69, 9.17) is 4.74 Å². The van der Waals surface area contributed by atoms with Crippen molar-refractivity contribution >= 4 is 23.8 Å². The molecule has 0 spiro atoms. The number of nitro groups is 1. The lowest BCUT2D eigenvalue weighted by molar-refractivity contribution is -0.384. The Morgan fingerprint density at radius 1 is 1.00 bits per heavy atom. The molecule has 0 saturated heterocycles. The van der Waals surface area contributed by atoms with Gasteiger partial charge < -0.3 is 4.74 Å². The molecule has 0 bridgehead atoms. The van der Waals surface area contributed by atoms with Gasteiger partial charge in [0.05, 0.1) is 16.7 Å². The van der Waals surface area contributed by atoms with Crippen molar-refractivity contribution in [2.45, 2.75) is 6.92 Å². The normalized spacial score (nSPS) is 10.6. The quantitative estimate of drug-likeness (QED) is 0.221. The van der Waals surface area contributed by atoms with Crippen molar-refractivity contribution in [1.29, 1.82) is 0 Å². The molecule has 0 saturated carbocycles. The Morgan fingerprint density at radius 2 is 1.70 bits per heavy atom. The van der Waals surface area contributed by atoms with Crippen molar-refractivity contribution in [2.75, 3.05) is 0 Å². The van der Waals surface area contributed by atoms with Gasteiger partial charge in [0.25, 0.3) is 11.6 Å². The molecule has 0 atom stereocenters. The molecule has 0 unspecified atom stereocenters. The van der Waals surface area contributed by atoms with Crippen molar-refractivity contribution in [2.24, 2.45) is 5.10 Å². The number of carbonyl (C=O) groups is 2. The number of nitro benzene ring substituents is 1. The predicted molar refractivity (Wildman–Crippen MR) is 111 cm³/mol. The van der Waals surface area contributed by atoms with Crippen LogP contribution in [0.15, 0.2) is 77.9 Å². The third kappa shape index (κ3) is 5.35. The summed E-state index contributed by atoms with van der Waals surface area (Å²) in [5.41, 5.74) is 4.60. The number of ether oxygens (including phenoxy) is 1. The Bertz CT molecular complexity index is 1110. The fourth-order valence-corrected chi connectivity index (χ4v) is 2.52. The van der Waals surface area contributed by atoms with E-state index < -0.39 is 16.8 Å². The number of amides is 1. The van der Waals surface area contributed by atoms with Crippen molar-refractivity contribution < 1.29 is 19.2 Å². The molecule has 0 fully saturated rings. The first-order valence-corrected chi connectivity index (χ1v) is 8.89. The maximum absolute atomic E-state index is 12.2. The molecule has 3 rings (SSSR count). The van der Waals surface area contributed by atoms with Crippen molar-refractivity contribution in [3.63, 3.8) is 0 Å². The Balaban J connectivity index is 1.56. The predicted octanol–water partition coefficient (Wildman–Crippen LogP) is 3.89. The van der Waals surface area contributed by atoms with E-state index in [1.54, 1.807) is 42.5 Å². The number of hydrogen-bond donors (Lipinski definition) is 1. The zero-order chi connectivity index (χ0) is 21.5. The number of non-ortho nitro benzene ring substituents is 1. The number of benzene rings is 3. The Labute approximate surface area is 172 Å². The maximum Gasteiger partial charge on any atom is 0.343 e. The van der Waals surface area contributed by atoms with Crippen LogP contribution in [0.25, 0.3) is 0 Å². The number of aryl methyl sites for hydroxylation is 1. The highest BCUT2D eigenvalue weighted by molar-refractivity contribution is 5.95. The molecular formula is C22H17N3O5. The van der Waals surface area contributed by atoms with E-state index in [1.165, 1.54) is 30.5 Å². The van der Waals surface area contributed by atoms with Crippen molar-refractivity contribution in [1.82, 2.24) is 5.43 Å². The molecule has 3 aromatic rings. The lowest BCUT2D eigenvalue weighted by Crippen LogP contribution is -2.17. The second-order valence-electron chi connectivity index (χ2n) is 6.33. The molecular weight excluding hydrogens is 386 g/mol. The summed E-state index contributed by atoms with van der Waals surface area (Å²) >= 11 is 0. The first-order valence-electron chi connectivity index (χ1n) is 8.89. The molecule has 1 N–H and O–H groups in total. The average molecular weight is 403 g/mol. The largest absolute Gasteiger partial charge is 0.423 e. The van der Waals surface area contributed by atoms with Gasteiger partial charge >= 0.3 is 5.97 Å². The third-order valence-corrected chi connectivity index (χ3v) is 4.06. The van der Waals surface area contributed by atoms with E-state index in [9.17, 15) is 19.7 Å². The molecule has 0 aromatic heterocycles. The average Bonchev–Trinajstić information content (AvgIpc) is 2.75. The van der Waals surface area contributed by atoms with Crippen LogP contribution in [0.4, 0.5) is 5.69 Å². The standard InChI is InChI=1S/C22H17N3O5/c1-15-3-2-4-18(13-15)22(27)30-20-11-5-16(6-12-20)14-23-24-21(26)17-7-9-19(10-8-17)25(28)29/h2-14H,1H3,(H,24,26). The summed E-state index contributed by atoms with van der Waals surface area (Å²) in [6.45, 7) is 1.89. The van der Waals surface area contributed by atoms with Gasteiger partial charge in [0.1, 0.15) is 5.75 Å². The zero-order valence-corrected chi connectivity index (χ0v) is 15.9. The van der Waals surface area contributed by atoms with Crippen LogP contribution in [-0.2, 0) is 0 Å². The highest BCUT2D eigenvalue weighted by Crippen LogP contribution is 2.15. The molecule has 3 aromatic carbocycles. The van der Waals surface area contributed by atoms with E-state index in [1.807, 2.05) is 13.0 Å². The van der Waals surface area contributed by atoms with Crippen LogP contribution in [0.1, 0.15) is 31.8 Å². The van der Waals surface area contributed by atoms with E-state index in [0.29, 0.717) is 16.9 Å². The van der Waals surface area contributed by atoms with Crippen LogP contribution >= 0.6 is 0 Å². The molecule has 0 heterocycles. The maximum atomic E-state index is 12.2. The summed E-state index contributed by atoms with van der Waals surface area (Å²) in [6.07, 6.45) is 1.43. The van der Waals surface area contributed by atoms with Gasteiger partial charge in [0.15, 0.2) is 0 Å². The van der Waals surface area contributed by atoms with Crippen LogP contribution in [-0.4, -0.2) is 23.0 Å². The topological polar surface area (TPSA) is 111 Å². The first kappa shape index (κ1) is 20.4. The second kappa shape index (κ2) is 9.24. The van der Waals surface area contributed by atoms with Gasteiger partial charge in [-0.25, -0.2) is 10.2 Å². The van der Waals surface area contributed by atoms with Crippen molar-refractivity contribution in [3.05, 3.63) is 105 Å². The summed E-state index contributed by atoms with van der Waals surface area (Å²) in [5, 5.41) is 14.5. The summed E-state index contributed by atoms with van der Waals surface area (Å²) in [4.78, 5) is 34.2. The number of nitrogens with zero attached hydrogens (tertiary/aromatic N) is 2. The van der Waals surface area contributed by atoms with Gasteiger partial charge in [0.2, 0.25) is 0 Å². The monoisotopic (exact) mass is 403 g/mol. The van der Waals surface area contributed by atoms with Crippen LogP contribution in [0.5, 0.6) is 5.75 Å². The molecule has 0 radical (unpaired) electrons. The number of rotatable bonds is 6. The Hall–Kier alpha value is -4.33. The molecule has 0 aliphatic heterocycles. The minimum absolute atomic E-state index is 0.0989. The molecule has 8 heteroatoms. The van der Waals surface area contributed by atoms with Gasteiger partial charge in [0, 0.05) is 17.7 Å². The molecule has 0 aliphatic carbocycles. The fraction of sp³-hybridized carbons (Fsp3) is 0.0455. The van der Waals surface area contributed by atoms with Crippen LogP contribution in [0.2, 0.25) is 0 Å². The highest BCUT2D eigenvalue weighted by Gasteiger charge is 2.09. The molecule has 8 nitrogen and oxygen atoms in total. The number of carbonyl (C=O) groups excluding carboxylic acids is 2. The fourth-order valence-electron chi connectivity index (χ4n) is 2.52. The second-order valence-corrected chi connectivity index (χ2v) is 6.33. The van der Waals surface area contributed by atoms with Gasteiger partial charge in [-0.05, 0) is 61.0 Å². The highest BCUT2D eigenvalue weighted by atomic mass is 16.6. The lowest BCUT2D eigenvalue weighted by atomic mass is 10.1. The number of hydrazone groups is 1. The summed E-state index contributed by atoms with van der Waals surface area (Å²) in [5.74, 6) is -0.561. The van der Waals surface area contributed by atoms with E-state index in [0.717, 1.165) is 5.56 Å². The van der Waals surface area contributed by atoms with Crippen molar-refractivity contribution in [3.8, 4) is 5.75 Å². The molecule has 1 amide bonds. The molecule has 150 valence electrons. The summed E-state index contributed by atoms with van der Waals surface area (Å²) in [7, 11) is 0. The zero-order valence-electron chi connectivity index (χ0n) is 15.9. The van der Waals surface area contributed by atoms with Gasteiger partial charge in [-0.1, -0.05) is 17.7 Å². The third-order valence-electron chi connectivity index (χ3n) is 4.06. The minimum Gasteiger partial charge on any atom is -0.423 e.